The molecule has 1 saturated heterocycles. The van der Waals surface area contributed by atoms with Gasteiger partial charge in [0.15, 0.2) is 11.7 Å². The quantitative estimate of drug-likeness (QED) is 0.546. The van der Waals surface area contributed by atoms with E-state index in [1.54, 1.807) is 13.2 Å². The Morgan fingerprint density at radius 1 is 1.07 bits per heavy atom. The minimum absolute atomic E-state index is 0.499. The second-order valence-electron chi connectivity index (χ2n) is 7.05. The van der Waals surface area contributed by atoms with E-state index in [1.165, 1.54) is 5.56 Å². The van der Waals surface area contributed by atoms with Gasteiger partial charge in [-0.05, 0) is 19.1 Å². The van der Waals surface area contributed by atoms with E-state index in [0.29, 0.717) is 12.4 Å². The van der Waals surface area contributed by atoms with Crippen LogP contribution in [0.4, 0.5) is 5.82 Å². The highest BCUT2D eigenvalue weighted by Crippen LogP contribution is 2.20. The molecule has 0 bridgehead atoms. The van der Waals surface area contributed by atoms with Gasteiger partial charge >= 0.3 is 0 Å². The van der Waals surface area contributed by atoms with Gasteiger partial charge in [0.2, 0.25) is 5.89 Å². The molecule has 2 aromatic heterocycles. The molecule has 1 aromatic carbocycles. The Labute approximate surface area is 171 Å². The normalized spacial score (nSPS) is 14.9. The second kappa shape index (κ2) is 8.77. The Morgan fingerprint density at radius 3 is 2.55 bits per heavy atom. The van der Waals surface area contributed by atoms with Crippen LogP contribution < -0.4 is 10.2 Å². The SMILES string of the molecule is CN=C(NCc1ncc(-c2ccc(C)cc2)o1)N1CCN(c2ccccn2)CC1. The van der Waals surface area contributed by atoms with Gasteiger partial charge < -0.3 is 19.5 Å². The highest BCUT2D eigenvalue weighted by molar-refractivity contribution is 5.80. The van der Waals surface area contributed by atoms with Gasteiger partial charge in [0, 0.05) is 45.0 Å². The van der Waals surface area contributed by atoms with Gasteiger partial charge in [-0.2, -0.15) is 0 Å². The van der Waals surface area contributed by atoms with Crippen molar-refractivity contribution in [1.29, 1.82) is 0 Å². The zero-order chi connectivity index (χ0) is 20.1. The fraction of sp³-hybridized carbons (Fsp3) is 0.318. The molecule has 7 heteroatoms. The van der Waals surface area contributed by atoms with Crippen LogP contribution in [0, 0.1) is 6.92 Å². The van der Waals surface area contributed by atoms with E-state index in [9.17, 15) is 0 Å². The third kappa shape index (κ3) is 4.56. The van der Waals surface area contributed by atoms with Crippen molar-refractivity contribution < 1.29 is 4.42 Å². The van der Waals surface area contributed by atoms with Gasteiger partial charge in [-0.3, -0.25) is 4.99 Å². The lowest BCUT2D eigenvalue weighted by atomic mass is 10.1. The van der Waals surface area contributed by atoms with Crippen LogP contribution in [-0.4, -0.2) is 54.1 Å². The Hall–Kier alpha value is -3.35. The Morgan fingerprint density at radius 2 is 1.86 bits per heavy atom. The van der Waals surface area contributed by atoms with E-state index in [0.717, 1.165) is 49.3 Å². The summed E-state index contributed by atoms with van der Waals surface area (Å²) in [6.45, 7) is 6.16. The Balaban J connectivity index is 1.32. The molecule has 3 heterocycles. The van der Waals surface area contributed by atoms with Crippen LogP contribution in [0.1, 0.15) is 11.5 Å². The topological polar surface area (TPSA) is 69.8 Å². The number of rotatable bonds is 4. The number of anilines is 1. The van der Waals surface area contributed by atoms with Gasteiger partial charge in [-0.15, -0.1) is 0 Å². The molecule has 7 nitrogen and oxygen atoms in total. The highest BCUT2D eigenvalue weighted by atomic mass is 16.4. The maximum Gasteiger partial charge on any atom is 0.214 e. The van der Waals surface area contributed by atoms with Crippen molar-refractivity contribution in [1.82, 2.24) is 20.2 Å². The summed E-state index contributed by atoms with van der Waals surface area (Å²) in [5.74, 6) is 3.31. The molecule has 0 spiro atoms. The van der Waals surface area contributed by atoms with Crippen molar-refractivity contribution in [2.75, 3.05) is 38.1 Å². The number of benzene rings is 1. The first-order chi connectivity index (χ1) is 14.2. The zero-order valence-electron chi connectivity index (χ0n) is 16.9. The van der Waals surface area contributed by atoms with E-state index in [1.807, 2.05) is 30.5 Å². The fourth-order valence-electron chi connectivity index (χ4n) is 3.42. The highest BCUT2D eigenvalue weighted by Gasteiger charge is 2.20. The van der Waals surface area contributed by atoms with Crippen molar-refractivity contribution in [2.24, 2.45) is 4.99 Å². The average Bonchev–Trinajstić information content (AvgIpc) is 3.25. The number of aryl methyl sites for hydroxylation is 1. The molecular weight excluding hydrogens is 364 g/mol. The molecule has 4 rings (SSSR count). The summed E-state index contributed by atoms with van der Waals surface area (Å²) in [6.07, 6.45) is 3.61. The predicted octanol–water partition coefficient (Wildman–Crippen LogP) is 2.94. The van der Waals surface area contributed by atoms with Crippen LogP contribution in [0.2, 0.25) is 0 Å². The summed E-state index contributed by atoms with van der Waals surface area (Å²) in [6, 6.07) is 14.3. The molecular formula is C22H26N6O. The Kier molecular flexibility index (Phi) is 5.74. The van der Waals surface area contributed by atoms with Crippen LogP contribution in [0.3, 0.4) is 0 Å². The van der Waals surface area contributed by atoms with Crippen molar-refractivity contribution >= 4 is 11.8 Å². The molecule has 29 heavy (non-hydrogen) atoms. The number of aromatic nitrogens is 2. The number of nitrogens with zero attached hydrogens (tertiary/aromatic N) is 5. The van der Waals surface area contributed by atoms with E-state index >= 15 is 0 Å². The molecule has 0 amide bonds. The van der Waals surface area contributed by atoms with Crippen LogP contribution in [0.15, 0.2) is 64.3 Å². The minimum atomic E-state index is 0.499. The molecule has 0 saturated carbocycles. The van der Waals surface area contributed by atoms with Crippen LogP contribution in [0.25, 0.3) is 11.3 Å². The molecule has 3 aromatic rings. The Bertz CT molecular complexity index is 943. The molecule has 1 fully saturated rings. The molecule has 0 unspecified atom stereocenters. The molecule has 1 N–H and O–H groups in total. The first-order valence-corrected chi connectivity index (χ1v) is 9.86. The number of pyridine rings is 1. The summed E-state index contributed by atoms with van der Waals surface area (Å²) < 4.78 is 5.90. The first-order valence-electron chi connectivity index (χ1n) is 9.86. The predicted molar refractivity (Wildman–Crippen MR) is 115 cm³/mol. The number of hydrogen-bond acceptors (Lipinski definition) is 5. The van der Waals surface area contributed by atoms with Crippen LogP contribution in [0.5, 0.6) is 0 Å². The van der Waals surface area contributed by atoms with Crippen molar-refractivity contribution in [3.8, 4) is 11.3 Å². The van der Waals surface area contributed by atoms with Crippen LogP contribution >= 0.6 is 0 Å². The largest absolute Gasteiger partial charge is 0.439 e. The van der Waals surface area contributed by atoms with Crippen LogP contribution in [-0.2, 0) is 6.54 Å². The number of nitrogens with one attached hydrogen (secondary N) is 1. The molecule has 0 radical (unpaired) electrons. The van der Waals surface area contributed by atoms with Gasteiger partial charge in [0.1, 0.15) is 5.82 Å². The van der Waals surface area contributed by atoms with Gasteiger partial charge in [0.25, 0.3) is 0 Å². The first kappa shape index (κ1) is 19.0. The molecule has 1 aliphatic rings. The third-order valence-electron chi connectivity index (χ3n) is 5.05. The minimum Gasteiger partial charge on any atom is -0.439 e. The van der Waals surface area contributed by atoms with Gasteiger partial charge in [0.05, 0.1) is 12.7 Å². The maximum atomic E-state index is 5.90. The van der Waals surface area contributed by atoms with Crippen molar-refractivity contribution in [3.05, 3.63) is 66.3 Å². The summed E-state index contributed by atoms with van der Waals surface area (Å²) in [5.41, 5.74) is 2.26. The lowest BCUT2D eigenvalue weighted by Crippen LogP contribution is -2.52. The molecule has 0 atom stereocenters. The zero-order valence-corrected chi connectivity index (χ0v) is 16.9. The number of hydrogen-bond donors (Lipinski definition) is 1. The maximum absolute atomic E-state index is 5.90. The number of oxazole rings is 1. The van der Waals surface area contributed by atoms with Crippen molar-refractivity contribution in [3.63, 3.8) is 0 Å². The molecule has 1 aliphatic heterocycles. The van der Waals surface area contributed by atoms with E-state index in [-0.39, 0.29) is 0 Å². The third-order valence-corrected chi connectivity index (χ3v) is 5.05. The monoisotopic (exact) mass is 390 g/mol. The summed E-state index contributed by atoms with van der Waals surface area (Å²) in [7, 11) is 1.81. The number of aliphatic imine (C=N–C) groups is 1. The summed E-state index contributed by atoms with van der Waals surface area (Å²) >= 11 is 0. The molecule has 0 aliphatic carbocycles. The lowest BCUT2D eigenvalue weighted by Gasteiger charge is -2.36. The summed E-state index contributed by atoms with van der Waals surface area (Å²) in [5, 5.41) is 3.37. The van der Waals surface area contributed by atoms with Gasteiger partial charge in [-0.25, -0.2) is 9.97 Å². The second-order valence-corrected chi connectivity index (χ2v) is 7.05. The summed E-state index contributed by atoms with van der Waals surface area (Å²) in [4.78, 5) is 17.8. The molecule has 150 valence electrons. The van der Waals surface area contributed by atoms with E-state index in [2.05, 4.69) is 55.2 Å². The smallest absolute Gasteiger partial charge is 0.214 e. The lowest BCUT2D eigenvalue weighted by molar-refractivity contribution is 0.368. The van der Waals surface area contributed by atoms with Crippen molar-refractivity contribution in [2.45, 2.75) is 13.5 Å². The number of guanidine groups is 1. The fourth-order valence-corrected chi connectivity index (χ4v) is 3.42. The average molecular weight is 390 g/mol. The van der Waals surface area contributed by atoms with Gasteiger partial charge in [-0.1, -0.05) is 35.9 Å². The number of piperazine rings is 1. The van der Waals surface area contributed by atoms with E-state index < -0.39 is 0 Å². The van der Waals surface area contributed by atoms with E-state index in [4.69, 9.17) is 4.42 Å². The standard InChI is InChI=1S/C22H26N6O/c1-17-6-8-18(9-7-17)19-15-25-21(29-19)16-26-22(23-2)28-13-11-27(12-14-28)20-5-3-4-10-24-20/h3-10,15H,11-14,16H2,1-2H3,(H,23,26).